The van der Waals surface area contributed by atoms with Gasteiger partial charge < -0.3 is 10.3 Å². The minimum absolute atomic E-state index is 0.234. The van der Waals surface area contributed by atoms with Crippen molar-refractivity contribution in [2.75, 3.05) is 5.32 Å². The number of hydrogen-bond acceptors (Lipinski definition) is 2. The number of aromatic nitrogens is 1. The van der Waals surface area contributed by atoms with Crippen molar-refractivity contribution < 1.29 is 4.79 Å². The van der Waals surface area contributed by atoms with Crippen molar-refractivity contribution in [2.45, 2.75) is 6.92 Å². The fourth-order valence-electron chi connectivity index (χ4n) is 1.54. The second kappa shape index (κ2) is 5.47. The fourth-order valence-corrected chi connectivity index (χ4v) is 2.01. The molecular weight excluding hydrogens is 287 g/mol. The summed E-state index contributed by atoms with van der Waals surface area (Å²) < 4.78 is 0. The van der Waals surface area contributed by atoms with Crippen molar-refractivity contribution in [2.24, 2.45) is 0 Å². The molecule has 4 nitrogen and oxygen atoms in total. The van der Waals surface area contributed by atoms with Crippen LogP contribution in [0.1, 0.15) is 15.9 Å². The van der Waals surface area contributed by atoms with Gasteiger partial charge in [-0.25, -0.2) is 0 Å². The van der Waals surface area contributed by atoms with Crippen LogP contribution >= 0.6 is 23.2 Å². The van der Waals surface area contributed by atoms with E-state index < -0.39 is 5.91 Å². The second-order valence-electron chi connectivity index (χ2n) is 3.95. The van der Waals surface area contributed by atoms with Gasteiger partial charge in [-0.1, -0.05) is 29.3 Å². The molecule has 0 bridgehead atoms. The maximum Gasteiger partial charge on any atom is 0.255 e. The fraction of sp³-hybridized carbons (Fsp3) is 0.0769. The van der Waals surface area contributed by atoms with Crippen molar-refractivity contribution in [3.8, 4) is 0 Å². The molecule has 2 rings (SSSR count). The van der Waals surface area contributed by atoms with Gasteiger partial charge >= 0.3 is 0 Å². The number of carbonyl (C=O) groups excluding carboxylic acids is 1. The van der Waals surface area contributed by atoms with E-state index in [0.29, 0.717) is 15.7 Å². The zero-order chi connectivity index (χ0) is 14.0. The lowest BCUT2D eigenvalue weighted by Crippen LogP contribution is -2.16. The van der Waals surface area contributed by atoms with Crippen molar-refractivity contribution in [3.63, 3.8) is 0 Å². The highest BCUT2D eigenvalue weighted by atomic mass is 35.5. The number of anilines is 1. The van der Waals surface area contributed by atoms with Crippen LogP contribution in [0.4, 0.5) is 5.69 Å². The van der Waals surface area contributed by atoms with Gasteiger partial charge in [0.05, 0.1) is 15.7 Å². The molecular formula is C13H10Cl2N2O2. The number of aromatic amines is 1. The maximum absolute atomic E-state index is 12.0. The van der Waals surface area contributed by atoms with Crippen LogP contribution < -0.4 is 10.9 Å². The molecule has 0 radical (unpaired) electrons. The van der Waals surface area contributed by atoms with Gasteiger partial charge in [0.15, 0.2) is 0 Å². The molecule has 0 fully saturated rings. The van der Waals surface area contributed by atoms with E-state index in [2.05, 4.69) is 10.3 Å². The van der Waals surface area contributed by atoms with Crippen LogP contribution in [0.15, 0.2) is 35.3 Å². The number of pyridine rings is 1. The minimum Gasteiger partial charge on any atom is -0.329 e. The van der Waals surface area contributed by atoms with Crippen molar-refractivity contribution in [1.29, 1.82) is 0 Å². The van der Waals surface area contributed by atoms with Gasteiger partial charge in [-0.15, -0.1) is 0 Å². The first-order valence-corrected chi connectivity index (χ1v) is 6.19. The molecule has 2 aromatic rings. The first kappa shape index (κ1) is 13.6. The highest BCUT2D eigenvalue weighted by molar-refractivity contribution is 6.40. The van der Waals surface area contributed by atoms with Crippen LogP contribution in [0.5, 0.6) is 0 Å². The van der Waals surface area contributed by atoms with Crippen molar-refractivity contribution in [3.05, 3.63) is 62.0 Å². The average molecular weight is 297 g/mol. The predicted octanol–water partition coefficient (Wildman–Crippen LogP) is 3.24. The number of nitrogens with one attached hydrogen (secondary N) is 2. The molecule has 1 heterocycles. The van der Waals surface area contributed by atoms with E-state index in [1.807, 2.05) is 6.92 Å². The van der Waals surface area contributed by atoms with Gasteiger partial charge in [0.1, 0.15) is 0 Å². The molecule has 0 atom stereocenters. The zero-order valence-electron chi connectivity index (χ0n) is 9.96. The van der Waals surface area contributed by atoms with Gasteiger partial charge in [-0.05, 0) is 24.6 Å². The first-order valence-electron chi connectivity index (χ1n) is 5.43. The molecule has 19 heavy (non-hydrogen) atoms. The molecule has 0 aliphatic carbocycles. The van der Waals surface area contributed by atoms with Gasteiger partial charge in [0.2, 0.25) is 5.56 Å². The maximum atomic E-state index is 12.0. The highest BCUT2D eigenvalue weighted by Gasteiger charge is 2.13. The number of amides is 1. The number of H-pyrrole nitrogens is 1. The Hall–Kier alpha value is -1.78. The largest absolute Gasteiger partial charge is 0.329 e. The van der Waals surface area contributed by atoms with Crippen LogP contribution in [0.2, 0.25) is 10.0 Å². The molecule has 0 aliphatic heterocycles. The Kier molecular flexibility index (Phi) is 3.93. The summed E-state index contributed by atoms with van der Waals surface area (Å²) in [5.74, 6) is -0.444. The van der Waals surface area contributed by atoms with E-state index in [1.54, 1.807) is 12.1 Å². The third-order valence-corrected chi connectivity index (χ3v) is 3.36. The third kappa shape index (κ3) is 2.97. The summed E-state index contributed by atoms with van der Waals surface area (Å²) in [6, 6.07) is 6.10. The number of aryl methyl sites for hydroxylation is 1. The number of benzene rings is 1. The van der Waals surface area contributed by atoms with E-state index in [0.717, 1.165) is 5.56 Å². The van der Waals surface area contributed by atoms with Crippen LogP contribution in [0, 0.1) is 6.92 Å². The molecule has 6 heteroatoms. The molecule has 0 unspecified atom stereocenters. The lowest BCUT2D eigenvalue weighted by atomic mass is 10.2. The lowest BCUT2D eigenvalue weighted by Gasteiger charge is -2.10. The highest BCUT2D eigenvalue weighted by Crippen LogP contribution is 2.33. The predicted molar refractivity (Wildman–Crippen MR) is 76.2 cm³/mol. The second-order valence-corrected chi connectivity index (χ2v) is 4.73. The number of halogens is 2. The summed E-state index contributed by atoms with van der Waals surface area (Å²) in [5, 5.41) is 3.33. The standard InChI is InChI=1S/C13H10Cl2N2O2/c1-7-2-3-9(14)12(11(7)15)17-13(19)8-4-5-16-10(18)6-8/h2-6H,1H3,(H,16,18)(H,17,19). The lowest BCUT2D eigenvalue weighted by molar-refractivity contribution is 0.102. The van der Waals surface area contributed by atoms with Crippen LogP contribution in [0.3, 0.4) is 0 Å². The van der Waals surface area contributed by atoms with Crippen LogP contribution in [-0.2, 0) is 0 Å². The third-order valence-electron chi connectivity index (χ3n) is 2.56. The van der Waals surface area contributed by atoms with Crippen LogP contribution in [-0.4, -0.2) is 10.9 Å². The van der Waals surface area contributed by atoms with Gasteiger partial charge in [-0.2, -0.15) is 0 Å². The smallest absolute Gasteiger partial charge is 0.255 e. The Morgan fingerprint density at radius 2 is 2.00 bits per heavy atom. The molecule has 0 saturated carbocycles. The van der Waals surface area contributed by atoms with E-state index in [4.69, 9.17) is 23.2 Å². The summed E-state index contributed by atoms with van der Waals surface area (Å²) in [6.07, 6.45) is 1.40. The van der Waals surface area contributed by atoms with Gasteiger partial charge in [0.25, 0.3) is 5.91 Å². The number of carbonyl (C=O) groups is 1. The number of rotatable bonds is 2. The van der Waals surface area contributed by atoms with E-state index in [9.17, 15) is 9.59 Å². The molecule has 1 aromatic carbocycles. The SMILES string of the molecule is Cc1ccc(Cl)c(NC(=O)c2cc[nH]c(=O)c2)c1Cl. The summed E-state index contributed by atoms with van der Waals surface area (Å²) in [4.78, 5) is 25.6. The number of hydrogen-bond donors (Lipinski definition) is 2. The molecule has 1 aromatic heterocycles. The Labute approximate surface area is 119 Å². The van der Waals surface area contributed by atoms with Crippen LogP contribution in [0.25, 0.3) is 0 Å². The summed E-state index contributed by atoms with van der Waals surface area (Å²) >= 11 is 12.1. The zero-order valence-corrected chi connectivity index (χ0v) is 11.5. The summed E-state index contributed by atoms with van der Waals surface area (Å²) in [7, 11) is 0. The topological polar surface area (TPSA) is 62.0 Å². The molecule has 98 valence electrons. The minimum atomic E-state index is -0.444. The molecule has 2 N–H and O–H groups in total. The molecule has 1 amide bonds. The Morgan fingerprint density at radius 3 is 2.68 bits per heavy atom. The quantitative estimate of drug-likeness (QED) is 0.894. The monoisotopic (exact) mass is 296 g/mol. The summed E-state index contributed by atoms with van der Waals surface area (Å²) in [5.41, 5.74) is 1.02. The van der Waals surface area contributed by atoms with Crippen molar-refractivity contribution >= 4 is 34.8 Å². The molecule has 0 aliphatic rings. The normalized spacial score (nSPS) is 10.3. The Bertz CT molecular complexity index is 695. The van der Waals surface area contributed by atoms with E-state index in [1.165, 1.54) is 18.3 Å². The molecule has 0 saturated heterocycles. The van der Waals surface area contributed by atoms with Gasteiger partial charge in [0, 0.05) is 17.8 Å². The van der Waals surface area contributed by atoms with E-state index >= 15 is 0 Å². The van der Waals surface area contributed by atoms with Gasteiger partial charge in [-0.3, -0.25) is 9.59 Å². The first-order chi connectivity index (χ1) is 8.99. The van der Waals surface area contributed by atoms with Crippen molar-refractivity contribution in [1.82, 2.24) is 4.98 Å². The molecule has 0 spiro atoms. The Morgan fingerprint density at radius 1 is 1.26 bits per heavy atom. The van der Waals surface area contributed by atoms with E-state index in [-0.39, 0.29) is 11.1 Å². The Balaban J connectivity index is 2.34. The average Bonchev–Trinajstić information content (AvgIpc) is 2.39. The summed E-state index contributed by atoms with van der Waals surface area (Å²) in [6.45, 7) is 1.81.